The lowest BCUT2D eigenvalue weighted by molar-refractivity contribution is -0.00586. The summed E-state index contributed by atoms with van der Waals surface area (Å²) >= 11 is 0. The first kappa shape index (κ1) is 15.1. The van der Waals surface area contributed by atoms with Gasteiger partial charge >= 0.3 is 0 Å². The lowest BCUT2D eigenvalue weighted by atomic mass is 9.76. The topological polar surface area (TPSA) is 21.3 Å². The minimum atomic E-state index is 0.461. The highest BCUT2D eigenvalue weighted by molar-refractivity contribution is 5.26. The summed E-state index contributed by atoms with van der Waals surface area (Å²) < 4.78 is 6.20. The van der Waals surface area contributed by atoms with Gasteiger partial charge in [-0.1, -0.05) is 38.1 Å². The maximum absolute atomic E-state index is 6.20. The van der Waals surface area contributed by atoms with Gasteiger partial charge in [0, 0.05) is 12.6 Å². The van der Waals surface area contributed by atoms with Gasteiger partial charge in [-0.15, -0.1) is 0 Å². The summed E-state index contributed by atoms with van der Waals surface area (Å²) in [5.41, 5.74) is 3.28. The van der Waals surface area contributed by atoms with E-state index in [2.05, 4.69) is 43.4 Å². The van der Waals surface area contributed by atoms with Gasteiger partial charge in [0.2, 0.25) is 0 Å². The molecule has 0 heterocycles. The van der Waals surface area contributed by atoms with Crippen molar-refractivity contribution in [3.63, 3.8) is 0 Å². The predicted molar refractivity (Wildman–Crippen MR) is 87.1 cm³/mol. The molecule has 0 aliphatic heterocycles. The van der Waals surface area contributed by atoms with Gasteiger partial charge in [-0.2, -0.15) is 0 Å². The molecule has 0 saturated heterocycles. The number of hydrogen-bond acceptors (Lipinski definition) is 2. The molecule has 0 radical (unpaired) electrons. The summed E-state index contributed by atoms with van der Waals surface area (Å²) in [5.74, 6) is 0. The van der Waals surface area contributed by atoms with Gasteiger partial charge in [0.1, 0.15) is 0 Å². The van der Waals surface area contributed by atoms with Crippen molar-refractivity contribution in [3.8, 4) is 0 Å². The minimum Gasteiger partial charge on any atom is -0.374 e. The zero-order valence-electron chi connectivity index (χ0n) is 13.5. The molecule has 0 amide bonds. The fourth-order valence-corrected chi connectivity index (χ4v) is 3.16. The normalized spacial score (nSPS) is 22.4. The molecule has 1 N–H and O–H groups in total. The molecule has 0 unspecified atom stereocenters. The van der Waals surface area contributed by atoms with E-state index in [1.165, 1.54) is 49.7 Å². The van der Waals surface area contributed by atoms with Crippen LogP contribution in [0, 0.1) is 5.41 Å². The zero-order chi connectivity index (χ0) is 14.7. The highest BCUT2D eigenvalue weighted by Gasteiger charge is 2.27. The van der Waals surface area contributed by atoms with Crippen molar-refractivity contribution in [3.05, 3.63) is 35.4 Å². The van der Waals surface area contributed by atoms with Gasteiger partial charge in [0.15, 0.2) is 0 Å². The van der Waals surface area contributed by atoms with Crippen molar-refractivity contribution in [1.29, 1.82) is 0 Å². The van der Waals surface area contributed by atoms with Crippen LogP contribution in [0.5, 0.6) is 0 Å². The summed E-state index contributed by atoms with van der Waals surface area (Å²) in [5, 5.41) is 3.61. The van der Waals surface area contributed by atoms with E-state index < -0.39 is 0 Å². The third-order valence-corrected chi connectivity index (χ3v) is 5.04. The van der Waals surface area contributed by atoms with Crippen molar-refractivity contribution in [2.24, 2.45) is 5.41 Å². The van der Waals surface area contributed by atoms with Crippen molar-refractivity contribution in [1.82, 2.24) is 5.32 Å². The van der Waals surface area contributed by atoms with E-state index in [9.17, 15) is 0 Å². The molecule has 0 spiro atoms. The fourth-order valence-electron chi connectivity index (χ4n) is 3.16. The second-order valence-corrected chi connectivity index (χ2v) is 7.60. The van der Waals surface area contributed by atoms with Crippen LogP contribution in [0.1, 0.15) is 63.5 Å². The van der Waals surface area contributed by atoms with Crippen LogP contribution in [0.2, 0.25) is 0 Å². The van der Waals surface area contributed by atoms with E-state index in [4.69, 9.17) is 4.74 Å². The molecule has 0 atom stereocenters. The molecule has 2 fully saturated rings. The van der Waals surface area contributed by atoms with Crippen LogP contribution >= 0.6 is 0 Å². The molecule has 3 rings (SSSR count). The summed E-state index contributed by atoms with van der Waals surface area (Å²) in [6.07, 6.45) is 8.17. The molecule has 2 aliphatic carbocycles. The molecule has 21 heavy (non-hydrogen) atoms. The van der Waals surface area contributed by atoms with E-state index in [1.807, 2.05) is 0 Å². The molecule has 2 saturated carbocycles. The average Bonchev–Trinajstić information content (AvgIpc) is 3.29. The first-order valence-corrected chi connectivity index (χ1v) is 8.54. The Labute approximate surface area is 129 Å². The SMILES string of the molecule is CC1(C)CCC(OCc2ccccc2CNC2CC2)CC1. The fraction of sp³-hybridized carbons (Fsp3) is 0.684. The molecule has 2 aliphatic rings. The first-order chi connectivity index (χ1) is 10.1. The third-order valence-electron chi connectivity index (χ3n) is 5.04. The molecular weight excluding hydrogens is 258 g/mol. The van der Waals surface area contributed by atoms with E-state index in [0.717, 1.165) is 19.2 Å². The lowest BCUT2D eigenvalue weighted by Gasteiger charge is -2.34. The number of ether oxygens (including phenoxy) is 1. The van der Waals surface area contributed by atoms with Gasteiger partial charge in [0.25, 0.3) is 0 Å². The maximum Gasteiger partial charge on any atom is 0.0723 e. The quantitative estimate of drug-likeness (QED) is 0.836. The maximum atomic E-state index is 6.20. The predicted octanol–water partition coefficient (Wildman–Crippen LogP) is 4.42. The van der Waals surface area contributed by atoms with Crippen molar-refractivity contribution < 1.29 is 4.74 Å². The van der Waals surface area contributed by atoms with Crippen LogP contribution in [-0.4, -0.2) is 12.1 Å². The van der Waals surface area contributed by atoms with Crippen LogP contribution in [0.15, 0.2) is 24.3 Å². The van der Waals surface area contributed by atoms with Crippen LogP contribution < -0.4 is 5.32 Å². The second-order valence-electron chi connectivity index (χ2n) is 7.60. The highest BCUT2D eigenvalue weighted by Crippen LogP contribution is 2.36. The van der Waals surface area contributed by atoms with Crippen LogP contribution in [0.4, 0.5) is 0 Å². The van der Waals surface area contributed by atoms with Crippen LogP contribution in [0.25, 0.3) is 0 Å². The molecule has 0 bridgehead atoms. The minimum absolute atomic E-state index is 0.461. The monoisotopic (exact) mass is 287 g/mol. The Balaban J connectivity index is 1.50. The summed E-state index contributed by atoms with van der Waals surface area (Å²) in [6, 6.07) is 9.48. The van der Waals surface area contributed by atoms with Gasteiger partial charge in [-0.3, -0.25) is 0 Å². The smallest absolute Gasteiger partial charge is 0.0723 e. The van der Waals surface area contributed by atoms with E-state index in [-0.39, 0.29) is 0 Å². The Morgan fingerprint density at radius 3 is 2.38 bits per heavy atom. The van der Waals surface area contributed by atoms with Crippen LogP contribution in [-0.2, 0) is 17.9 Å². The lowest BCUT2D eigenvalue weighted by Crippen LogP contribution is -2.26. The van der Waals surface area contributed by atoms with Crippen molar-refractivity contribution in [2.75, 3.05) is 0 Å². The third kappa shape index (κ3) is 4.55. The Kier molecular flexibility index (Phi) is 4.66. The number of benzene rings is 1. The molecule has 0 aromatic heterocycles. The zero-order valence-corrected chi connectivity index (χ0v) is 13.5. The van der Waals surface area contributed by atoms with Crippen molar-refractivity contribution >= 4 is 0 Å². The van der Waals surface area contributed by atoms with E-state index in [0.29, 0.717) is 11.5 Å². The second kappa shape index (κ2) is 6.50. The summed E-state index contributed by atoms with van der Waals surface area (Å²) in [6.45, 7) is 6.51. The molecular formula is C19H29NO. The largest absolute Gasteiger partial charge is 0.374 e. The molecule has 2 heteroatoms. The summed E-state index contributed by atoms with van der Waals surface area (Å²) in [4.78, 5) is 0. The van der Waals surface area contributed by atoms with Crippen molar-refractivity contribution in [2.45, 2.75) is 77.7 Å². The molecule has 1 aromatic carbocycles. The Hall–Kier alpha value is -0.860. The number of nitrogens with one attached hydrogen (secondary N) is 1. The molecule has 1 aromatic rings. The van der Waals surface area contributed by atoms with Crippen LogP contribution in [0.3, 0.4) is 0 Å². The standard InChI is InChI=1S/C19H29NO/c1-19(2)11-9-18(10-12-19)21-14-16-6-4-3-5-15(16)13-20-17-7-8-17/h3-6,17-18,20H,7-14H2,1-2H3. The van der Waals surface area contributed by atoms with Gasteiger partial charge in [-0.25, -0.2) is 0 Å². The number of hydrogen-bond donors (Lipinski definition) is 1. The Morgan fingerprint density at radius 2 is 1.71 bits per heavy atom. The molecule has 116 valence electrons. The van der Waals surface area contributed by atoms with E-state index >= 15 is 0 Å². The average molecular weight is 287 g/mol. The highest BCUT2D eigenvalue weighted by atomic mass is 16.5. The van der Waals surface area contributed by atoms with Gasteiger partial charge in [0.05, 0.1) is 12.7 Å². The van der Waals surface area contributed by atoms with Gasteiger partial charge < -0.3 is 10.1 Å². The first-order valence-electron chi connectivity index (χ1n) is 8.54. The Morgan fingerprint density at radius 1 is 1.05 bits per heavy atom. The van der Waals surface area contributed by atoms with Gasteiger partial charge in [-0.05, 0) is 55.1 Å². The number of rotatable bonds is 6. The van der Waals surface area contributed by atoms with E-state index in [1.54, 1.807) is 0 Å². The molecule has 2 nitrogen and oxygen atoms in total. The summed E-state index contributed by atoms with van der Waals surface area (Å²) in [7, 11) is 0. The Bertz CT molecular complexity index is 454.